The molecule has 3 aromatic rings. The number of benzene rings is 3. The Hall–Kier alpha value is -2.73. The van der Waals surface area contributed by atoms with Crippen molar-refractivity contribution >= 4 is 46.2 Å². The summed E-state index contributed by atoms with van der Waals surface area (Å²) < 4.78 is 0. The fourth-order valence-corrected chi connectivity index (χ4v) is 4.80. The summed E-state index contributed by atoms with van der Waals surface area (Å²) in [5.41, 5.74) is 7.07. The van der Waals surface area contributed by atoms with Crippen molar-refractivity contribution in [3.63, 3.8) is 0 Å². The van der Waals surface area contributed by atoms with Crippen LogP contribution in [-0.2, 0) is 6.54 Å². The first-order valence-corrected chi connectivity index (χ1v) is 12.0. The molecule has 0 saturated heterocycles. The molecule has 1 unspecified atom stereocenters. The van der Waals surface area contributed by atoms with E-state index in [1.54, 1.807) is 12.1 Å². The molecule has 0 spiro atoms. The number of rotatable bonds is 9. The van der Waals surface area contributed by atoms with E-state index in [0.717, 1.165) is 47.7 Å². The standard InChI is InChI=1S/C26H27Cl2N3O2/c1-17-4-2-5-20-23(17)30-25-21(6-3-7-22(25)26(32)33)24(20)29-19-10-8-18(9-11-19)16-31(14-12-27)15-13-28/h2-11,24,29-30H,12-16H2,1H3,(H,32,33). The van der Waals surface area contributed by atoms with Gasteiger partial charge in [0.05, 0.1) is 17.3 Å². The van der Waals surface area contributed by atoms with Crippen LogP contribution >= 0.6 is 23.2 Å². The van der Waals surface area contributed by atoms with Crippen LogP contribution in [0, 0.1) is 6.92 Å². The molecule has 1 heterocycles. The summed E-state index contributed by atoms with van der Waals surface area (Å²) in [6.07, 6.45) is 0. The zero-order chi connectivity index (χ0) is 23.4. The number of nitrogens with zero attached hydrogens (tertiary/aromatic N) is 1. The summed E-state index contributed by atoms with van der Waals surface area (Å²) in [7, 11) is 0. The van der Waals surface area contributed by atoms with Crippen LogP contribution in [0.25, 0.3) is 0 Å². The average molecular weight is 484 g/mol. The smallest absolute Gasteiger partial charge is 0.337 e. The molecule has 7 heteroatoms. The molecule has 1 aliphatic rings. The Morgan fingerprint density at radius 3 is 2.24 bits per heavy atom. The number of alkyl halides is 2. The Kier molecular flexibility index (Phi) is 7.43. The van der Waals surface area contributed by atoms with E-state index in [4.69, 9.17) is 23.2 Å². The lowest BCUT2D eigenvalue weighted by Gasteiger charge is -2.32. The van der Waals surface area contributed by atoms with Gasteiger partial charge in [-0.15, -0.1) is 23.2 Å². The van der Waals surface area contributed by atoms with Crippen LogP contribution in [0.2, 0.25) is 0 Å². The van der Waals surface area contributed by atoms with Crippen molar-refractivity contribution in [3.05, 3.63) is 88.5 Å². The second-order valence-corrected chi connectivity index (χ2v) is 8.92. The van der Waals surface area contributed by atoms with E-state index in [9.17, 15) is 9.90 Å². The van der Waals surface area contributed by atoms with Crippen LogP contribution in [0.3, 0.4) is 0 Å². The number of anilines is 3. The molecule has 33 heavy (non-hydrogen) atoms. The molecule has 4 rings (SSSR count). The fraction of sp³-hybridized carbons (Fsp3) is 0.269. The van der Waals surface area contributed by atoms with Crippen LogP contribution < -0.4 is 10.6 Å². The summed E-state index contributed by atoms with van der Waals surface area (Å²) in [6, 6.07) is 19.7. The molecule has 1 atom stereocenters. The lowest BCUT2D eigenvalue weighted by Crippen LogP contribution is -2.27. The number of hydrogen-bond donors (Lipinski definition) is 3. The third-order valence-corrected chi connectivity index (χ3v) is 6.31. The van der Waals surface area contributed by atoms with Crippen molar-refractivity contribution in [1.29, 1.82) is 0 Å². The highest BCUT2D eigenvalue weighted by molar-refractivity contribution is 6.18. The number of fused-ring (bicyclic) bond motifs is 2. The molecular weight excluding hydrogens is 457 g/mol. The van der Waals surface area contributed by atoms with Gasteiger partial charge in [0.15, 0.2) is 0 Å². The monoisotopic (exact) mass is 483 g/mol. The number of carboxylic acids is 1. The van der Waals surface area contributed by atoms with E-state index in [2.05, 4.69) is 45.9 Å². The molecule has 0 saturated carbocycles. The fourth-order valence-electron chi connectivity index (χ4n) is 4.32. The predicted molar refractivity (Wildman–Crippen MR) is 136 cm³/mol. The van der Waals surface area contributed by atoms with Gasteiger partial charge in [-0.1, -0.05) is 42.5 Å². The molecule has 5 nitrogen and oxygen atoms in total. The van der Waals surface area contributed by atoms with Gasteiger partial charge in [-0.25, -0.2) is 4.79 Å². The van der Waals surface area contributed by atoms with E-state index in [1.165, 1.54) is 5.56 Å². The molecule has 172 valence electrons. The number of carbonyl (C=O) groups is 1. The van der Waals surface area contributed by atoms with Gasteiger partial charge in [0.2, 0.25) is 0 Å². The first kappa shape index (κ1) is 23.4. The van der Waals surface area contributed by atoms with Crippen LogP contribution in [0.15, 0.2) is 60.7 Å². The van der Waals surface area contributed by atoms with Crippen molar-refractivity contribution in [2.75, 3.05) is 35.5 Å². The van der Waals surface area contributed by atoms with Gasteiger partial charge < -0.3 is 15.7 Å². The lowest BCUT2D eigenvalue weighted by atomic mass is 9.88. The van der Waals surface area contributed by atoms with Crippen molar-refractivity contribution in [3.8, 4) is 0 Å². The van der Waals surface area contributed by atoms with E-state index in [0.29, 0.717) is 17.4 Å². The van der Waals surface area contributed by atoms with Gasteiger partial charge in [0.25, 0.3) is 0 Å². The molecule has 0 amide bonds. The lowest BCUT2D eigenvalue weighted by molar-refractivity contribution is 0.0698. The Labute approximate surface area is 204 Å². The van der Waals surface area contributed by atoms with Crippen molar-refractivity contribution in [2.24, 2.45) is 0 Å². The van der Waals surface area contributed by atoms with Crippen LogP contribution in [-0.4, -0.2) is 40.8 Å². The Morgan fingerprint density at radius 1 is 0.970 bits per heavy atom. The number of aryl methyl sites for hydroxylation is 1. The largest absolute Gasteiger partial charge is 0.478 e. The van der Waals surface area contributed by atoms with Gasteiger partial charge in [-0.3, -0.25) is 4.90 Å². The molecule has 0 fully saturated rings. The molecule has 3 aromatic carbocycles. The van der Waals surface area contributed by atoms with E-state index >= 15 is 0 Å². The SMILES string of the molecule is Cc1cccc2c1Nc1c(C(=O)O)cccc1C2Nc1ccc(CN(CCCl)CCCl)cc1. The first-order valence-electron chi connectivity index (χ1n) is 10.9. The van der Waals surface area contributed by atoms with Gasteiger partial charge in [0.1, 0.15) is 0 Å². The second-order valence-electron chi connectivity index (χ2n) is 8.17. The molecular formula is C26H27Cl2N3O2. The third-order valence-electron chi connectivity index (χ3n) is 5.98. The van der Waals surface area contributed by atoms with Crippen LogP contribution in [0.1, 0.15) is 38.7 Å². The second kappa shape index (κ2) is 10.5. The Bertz CT molecular complexity index is 1130. The quantitative estimate of drug-likeness (QED) is 0.314. The summed E-state index contributed by atoms with van der Waals surface area (Å²) in [5.74, 6) is 0.198. The third kappa shape index (κ3) is 5.11. The number of aromatic carboxylic acids is 1. The predicted octanol–water partition coefficient (Wildman–Crippen LogP) is 6.23. The normalized spacial score (nSPS) is 14.4. The van der Waals surface area contributed by atoms with Crippen LogP contribution in [0.4, 0.5) is 17.1 Å². The number of nitrogens with one attached hydrogen (secondary N) is 2. The van der Waals surface area contributed by atoms with Gasteiger partial charge in [0, 0.05) is 53.9 Å². The van der Waals surface area contributed by atoms with Gasteiger partial charge >= 0.3 is 5.97 Å². The molecule has 0 aromatic heterocycles. The Morgan fingerprint density at radius 2 is 1.61 bits per heavy atom. The summed E-state index contributed by atoms with van der Waals surface area (Å²) >= 11 is 11.8. The maximum absolute atomic E-state index is 11.9. The van der Waals surface area contributed by atoms with E-state index in [-0.39, 0.29) is 11.6 Å². The van der Waals surface area contributed by atoms with E-state index < -0.39 is 5.97 Å². The average Bonchev–Trinajstić information content (AvgIpc) is 2.80. The minimum absolute atomic E-state index is 0.176. The van der Waals surface area contributed by atoms with Crippen molar-refractivity contribution < 1.29 is 9.90 Å². The molecule has 1 aliphatic heterocycles. The van der Waals surface area contributed by atoms with E-state index in [1.807, 2.05) is 25.1 Å². The molecule has 0 aliphatic carbocycles. The van der Waals surface area contributed by atoms with Gasteiger partial charge in [-0.05, 0) is 36.2 Å². The maximum Gasteiger partial charge on any atom is 0.337 e. The highest BCUT2D eigenvalue weighted by Crippen LogP contribution is 2.44. The minimum atomic E-state index is -0.946. The number of carboxylic acid groups (broad SMARTS) is 1. The zero-order valence-electron chi connectivity index (χ0n) is 18.4. The number of para-hydroxylation sites is 2. The minimum Gasteiger partial charge on any atom is -0.478 e. The highest BCUT2D eigenvalue weighted by Gasteiger charge is 2.29. The summed E-state index contributed by atoms with van der Waals surface area (Å²) in [4.78, 5) is 14.1. The Balaban J connectivity index is 1.64. The van der Waals surface area contributed by atoms with Crippen molar-refractivity contribution in [1.82, 2.24) is 4.90 Å². The maximum atomic E-state index is 11.9. The first-order chi connectivity index (χ1) is 16.0. The topological polar surface area (TPSA) is 64.6 Å². The van der Waals surface area contributed by atoms with Crippen LogP contribution in [0.5, 0.6) is 0 Å². The van der Waals surface area contributed by atoms with Crippen molar-refractivity contribution in [2.45, 2.75) is 19.5 Å². The molecule has 0 bridgehead atoms. The highest BCUT2D eigenvalue weighted by atomic mass is 35.5. The summed E-state index contributed by atoms with van der Waals surface area (Å²) in [5, 5.41) is 16.7. The number of hydrogen-bond acceptors (Lipinski definition) is 4. The zero-order valence-corrected chi connectivity index (χ0v) is 20.0. The number of halogens is 2. The molecule has 3 N–H and O–H groups in total. The molecule has 0 radical (unpaired) electrons. The summed E-state index contributed by atoms with van der Waals surface area (Å²) in [6.45, 7) is 4.41. The van der Waals surface area contributed by atoms with Gasteiger partial charge in [-0.2, -0.15) is 0 Å².